The maximum atomic E-state index is 12.0. The summed E-state index contributed by atoms with van der Waals surface area (Å²) in [5.74, 6) is 0. The standard InChI is InChI=1S/C14H29N5O3/c1-13(2,3)15-12(20)18-9-8-11(10-18)22-16-19(21)17(7)14(4,5)6/h11H,8-10H2,1-7H3,(H,15,20)/b19-16-/t11-/m1/s1. The Labute approximate surface area is 132 Å². The zero-order valence-electron chi connectivity index (χ0n) is 14.7. The average molecular weight is 315 g/mol. The highest BCUT2D eigenvalue weighted by Crippen LogP contribution is 2.15. The van der Waals surface area contributed by atoms with E-state index < -0.39 is 0 Å². The van der Waals surface area contributed by atoms with Crippen molar-refractivity contribution < 1.29 is 14.6 Å². The smallest absolute Gasteiger partial charge is 0.317 e. The van der Waals surface area contributed by atoms with Gasteiger partial charge in [-0.1, -0.05) is 0 Å². The van der Waals surface area contributed by atoms with Crippen LogP contribution in [-0.2, 0) is 4.84 Å². The molecule has 0 spiro atoms. The number of hydrogen-bond donors (Lipinski definition) is 1. The molecule has 22 heavy (non-hydrogen) atoms. The second-order valence-corrected chi connectivity index (χ2v) is 7.67. The summed E-state index contributed by atoms with van der Waals surface area (Å²) in [6.07, 6.45) is 0.407. The Morgan fingerprint density at radius 1 is 1.36 bits per heavy atom. The topological polar surface area (TPSA) is 83.2 Å². The number of carbonyl (C=O) groups excluding carboxylic acids is 1. The Balaban J connectivity index is 2.49. The number of hydrazine groups is 1. The quantitative estimate of drug-likeness (QED) is 0.491. The van der Waals surface area contributed by atoms with E-state index in [0.29, 0.717) is 24.5 Å². The Morgan fingerprint density at radius 2 is 1.95 bits per heavy atom. The fourth-order valence-electron chi connectivity index (χ4n) is 1.82. The molecule has 0 aromatic carbocycles. The van der Waals surface area contributed by atoms with Gasteiger partial charge in [0.15, 0.2) is 6.10 Å². The SMILES string of the molecule is CN(/[N+]([O-])=N/O[C@@H]1CCN(C(=O)NC(C)(C)C)C1)C(C)(C)C. The third-order valence-corrected chi connectivity index (χ3v) is 3.41. The lowest BCUT2D eigenvalue weighted by atomic mass is 10.1. The number of hydrogen-bond acceptors (Lipinski definition) is 4. The molecule has 1 aliphatic rings. The summed E-state index contributed by atoms with van der Waals surface area (Å²) in [6.45, 7) is 12.5. The van der Waals surface area contributed by atoms with Gasteiger partial charge in [0.05, 0.1) is 24.1 Å². The first kappa shape index (κ1) is 18.3. The normalized spacial score (nSPS) is 20.0. The molecule has 128 valence electrons. The predicted octanol–water partition coefficient (Wildman–Crippen LogP) is 2.11. The molecule has 1 fully saturated rings. The summed E-state index contributed by atoms with van der Waals surface area (Å²) in [5, 5.41) is 19.7. The predicted molar refractivity (Wildman–Crippen MR) is 82.9 cm³/mol. The van der Waals surface area contributed by atoms with Crippen molar-refractivity contribution in [3.8, 4) is 0 Å². The number of nitrogens with one attached hydrogen (secondary N) is 1. The van der Waals surface area contributed by atoms with Crippen LogP contribution in [0.3, 0.4) is 0 Å². The minimum absolute atomic E-state index is 0.121. The third kappa shape index (κ3) is 5.57. The van der Waals surface area contributed by atoms with Gasteiger partial charge in [-0.25, -0.2) is 4.79 Å². The molecule has 1 N–H and O–H groups in total. The van der Waals surface area contributed by atoms with E-state index in [-0.39, 0.29) is 23.2 Å². The van der Waals surface area contributed by atoms with E-state index in [0.717, 1.165) is 0 Å². The summed E-state index contributed by atoms with van der Waals surface area (Å²) >= 11 is 0. The van der Waals surface area contributed by atoms with Gasteiger partial charge in [-0.2, -0.15) is 0 Å². The molecule has 1 heterocycles. The van der Waals surface area contributed by atoms with E-state index in [4.69, 9.17) is 4.84 Å². The first-order valence-corrected chi connectivity index (χ1v) is 7.55. The van der Waals surface area contributed by atoms with Crippen LogP contribution in [0.1, 0.15) is 48.0 Å². The van der Waals surface area contributed by atoms with Crippen LogP contribution < -0.4 is 5.32 Å². The molecule has 0 saturated carbocycles. The van der Waals surface area contributed by atoms with E-state index in [2.05, 4.69) is 10.6 Å². The summed E-state index contributed by atoms with van der Waals surface area (Å²) in [6, 6.07) is -0.121. The first-order valence-electron chi connectivity index (χ1n) is 7.55. The summed E-state index contributed by atoms with van der Waals surface area (Å²) in [4.78, 5) is 19.4. The highest BCUT2D eigenvalue weighted by Gasteiger charge is 2.31. The van der Waals surface area contributed by atoms with Crippen molar-refractivity contribution >= 4 is 6.03 Å². The van der Waals surface area contributed by atoms with Gasteiger partial charge in [0.25, 0.3) is 0 Å². The second kappa shape index (κ2) is 6.58. The molecule has 0 aromatic heterocycles. The van der Waals surface area contributed by atoms with Crippen LogP contribution in [0.2, 0.25) is 0 Å². The Morgan fingerprint density at radius 3 is 2.45 bits per heavy atom. The van der Waals surface area contributed by atoms with E-state index >= 15 is 0 Å². The lowest BCUT2D eigenvalue weighted by Gasteiger charge is -2.26. The Kier molecular flexibility index (Phi) is 5.48. The van der Waals surface area contributed by atoms with Gasteiger partial charge in [0.2, 0.25) is 5.28 Å². The molecule has 0 bridgehead atoms. The maximum absolute atomic E-state index is 12.0. The number of nitrogens with zero attached hydrogens (tertiary/aromatic N) is 4. The fraction of sp³-hybridized carbons (Fsp3) is 0.929. The van der Waals surface area contributed by atoms with Crippen molar-refractivity contribution in [2.24, 2.45) is 5.28 Å². The Bertz CT molecular complexity index is 425. The van der Waals surface area contributed by atoms with Crippen molar-refractivity contribution in [1.29, 1.82) is 0 Å². The van der Waals surface area contributed by atoms with Gasteiger partial charge in [0, 0.05) is 18.5 Å². The van der Waals surface area contributed by atoms with Gasteiger partial charge in [-0.05, 0) is 41.5 Å². The number of urea groups is 1. The van der Waals surface area contributed by atoms with Crippen LogP contribution in [-0.4, -0.2) is 58.2 Å². The highest BCUT2D eigenvalue weighted by molar-refractivity contribution is 5.75. The minimum Gasteiger partial charge on any atom is -0.569 e. The second-order valence-electron chi connectivity index (χ2n) is 7.67. The van der Waals surface area contributed by atoms with Gasteiger partial charge in [0.1, 0.15) is 0 Å². The average Bonchev–Trinajstić information content (AvgIpc) is 2.80. The summed E-state index contributed by atoms with van der Waals surface area (Å²) in [7, 11) is 1.65. The first-order chi connectivity index (χ1) is 9.90. The van der Waals surface area contributed by atoms with E-state index in [1.807, 2.05) is 41.5 Å². The Hall–Kier alpha value is -1.73. The lowest BCUT2D eigenvalue weighted by molar-refractivity contribution is -0.720. The lowest BCUT2D eigenvalue weighted by Crippen LogP contribution is -2.48. The molecule has 0 radical (unpaired) electrons. The van der Waals surface area contributed by atoms with Crippen LogP contribution in [0.5, 0.6) is 0 Å². The van der Waals surface area contributed by atoms with Crippen molar-refractivity contribution in [1.82, 2.24) is 15.2 Å². The molecule has 1 aliphatic heterocycles. The van der Waals surface area contributed by atoms with Gasteiger partial charge >= 0.3 is 6.03 Å². The van der Waals surface area contributed by atoms with Crippen molar-refractivity contribution in [2.45, 2.75) is 65.1 Å². The van der Waals surface area contributed by atoms with Gasteiger partial charge < -0.3 is 20.3 Å². The molecule has 8 heteroatoms. The van der Waals surface area contributed by atoms with Gasteiger partial charge in [-0.15, -0.1) is 5.01 Å². The largest absolute Gasteiger partial charge is 0.569 e. The monoisotopic (exact) mass is 315 g/mol. The molecule has 0 aromatic rings. The summed E-state index contributed by atoms with van der Waals surface area (Å²) in [5.41, 5.74) is -0.620. The number of carbonyl (C=O) groups is 1. The third-order valence-electron chi connectivity index (χ3n) is 3.41. The molecule has 1 rings (SSSR count). The van der Waals surface area contributed by atoms with Crippen LogP contribution in [0.15, 0.2) is 5.28 Å². The van der Waals surface area contributed by atoms with Crippen LogP contribution >= 0.6 is 0 Å². The number of amides is 2. The molecule has 8 nitrogen and oxygen atoms in total. The maximum Gasteiger partial charge on any atom is 0.317 e. The van der Waals surface area contributed by atoms with Crippen LogP contribution in [0, 0.1) is 5.21 Å². The zero-order valence-corrected chi connectivity index (χ0v) is 14.7. The van der Waals surface area contributed by atoms with Gasteiger partial charge in [-0.3, -0.25) is 0 Å². The highest BCUT2D eigenvalue weighted by atomic mass is 16.7. The molecular formula is C14H29N5O3. The van der Waals surface area contributed by atoms with E-state index in [1.54, 1.807) is 11.9 Å². The number of likely N-dealkylation sites (tertiary alicyclic amines) is 1. The molecule has 2 amide bonds. The molecule has 1 atom stereocenters. The molecular weight excluding hydrogens is 286 g/mol. The zero-order chi connectivity index (χ0) is 17.1. The van der Waals surface area contributed by atoms with Crippen LogP contribution in [0.4, 0.5) is 4.79 Å². The molecule has 1 saturated heterocycles. The molecule has 0 unspecified atom stereocenters. The van der Waals surface area contributed by atoms with E-state index in [1.165, 1.54) is 5.01 Å². The van der Waals surface area contributed by atoms with Crippen molar-refractivity contribution in [2.75, 3.05) is 20.1 Å². The minimum atomic E-state index is -0.344. The van der Waals surface area contributed by atoms with Crippen LogP contribution in [0.25, 0.3) is 0 Å². The van der Waals surface area contributed by atoms with Crippen molar-refractivity contribution in [3.05, 3.63) is 5.21 Å². The van der Waals surface area contributed by atoms with E-state index in [9.17, 15) is 10.0 Å². The molecule has 0 aliphatic carbocycles. The fourth-order valence-corrected chi connectivity index (χ4v) is 1.82. The number of rotatable bonds is 3. The summed E-state index contributed by atoms with van der Waals surface area (Å²) < 4.78 is 0. The van der Waals surface area contributed by atoms with Crippen molar-refractivity contribution in [3.63, 3.8) is 0 Å².